The summed E-state index contributed by atoms with van der Waals surface area (Å²) in [7, 11) is 0. The molecule has 3 aromatic rings. The summed E-state index contributed by atoms with van der Waals surface area (Å²) in [6.45, 7) is 0. The van der Waals surface area contributed by atoms with Gasteiger partial charge in [0, 0.05) is 24.0 Å². The molecule has 4 heteroatoms. The number of hydrogen-bond donors (Lipinski definition) is 1. The van der Waals surface area contributed by atoms with Gasteiger partial charge in [0.05, 0.1) is 17.4 Å². The molecule has 0 saturated carbocycles. The molecule has 0 aliphatic rings. The van der Waals surface area contributed by atoms with Gasteiger partial charge in [0.1, 0.15) is 0 Å². The second-order valence-corrected chi connectivity index (χ2v) is 4.03. The van der Waals surface area contributed by atoms with Gasteiger partial charge >= 0.3 is 0 Å². The van der Waals surface area contributed by atoms with Crippen molar-refractivity contribution in [1.82, 2.24) is 9.97 Å². The van der Waals surface area contributed by atoms with Gasteiger partial charge in [0.15, 0.2) is 0 Å². The Labute approximate surface area is 110 Å². The van der Waals surface area contributed by atoms with Crippen molar-refractivity contribution in [1.29, 1.82) is 0 Å². The number of pyridine rings is 2. The van der Waals surface area contributed by atoms with Gasteiger partial charge in [-0.3, -0.25) is 15.4 Å². The minimum absolute atomic E-state index is 0.892. The number of anilines is 1. The Morgan fingerprint density at radius 1 is 0.947 bits per heavy atom. The van der Waals surface area contributed by atoms with E-state index in [0.29, 0.717) is 0 Å². The summed E-state index contributed by atoms with van der Waals surface area (Å²) in [5.74, 6) is 0. The number of rotatable bonds is 3. The molecule has 2 aromatic heterocycles. The molecule has 0 atom stereocenters. The molecule has 0 saturated heterocycles. The first-order valence-corrected chi connectivity index (χ1v) is 5.96. The maximum atomic E-state index is 4.36. The summed E-state index contributed by atoms with van der Waals surface area (Å²) in [4.78, 5) is 8.32. The fourth-order valence-corrected chi connectivity index (χ4v) is 1.82. The number of hydrogen-bond acceptors (Lipinski definition) is 4. The van der Waals surface area contributed by atoms with Crippen LogP contribution in [0.15, 0.2) is 66.2 Å². The first kappa shape index (κ1) is 11.3. The smallest absolute Gasteiger partial charge is 0.0951 e. The fraction of sp³-hybridized carbons (Fsp3) is 0. The van der Waals surface area contributed by atoms with E-state index in [4.69, 9.17) is 0 Å². The molecule has 2 heterocycles. The summed E-state index contributed by atoms with van der Waals surface area (Å²) in [5, 5.41) is 5.31. The van der Waals surface area contributed by atoms with Crippen molar-refractivity contribution in [3.05, 3.63) is 66.6 Å². The third kappa shape index (κ3) is 2.57. The Bertz CT molecular complexity index is 702. The molecular formula is C15H12N4. The number of para-hydroxylation sites is 1. The number of benzene rings is 1. The van der Waals surface area contributed by atoms with Crippen LogP contribution < -0.4 is 5.43 Å². The van der Waals surface area contributed by atoms with Crippen LogP contribution >= 0.6 is 0 Å². The summed E-state index contributed by atoms with van der Waals surface area (Å²) in [6, 6.07) is 13.7. The van der Waals surface area contributed by atoms with Crippen molar-refractivity contribution in [2.45, 2.75) is 0 Å². The van der Waals surface area contributed by atoms with Crippen molar-refractivity contribution >= 4 is 22.8 Å². The molecule has 0 bridgehead atoms. The second-order valence-electron chi connectivity index (χ2n) is 4.03. The van der Waals surface area contributed by atoms with Gasteiger partial charge in [-0.2, -0.15) is 5.10 Å². The lowest BCUT2D eigenvalue weighted by Crippen LogP contribution is -1.92. The van der Waals surface area contributed by atoms with Crippen LogP contribution in [0.5, 0.6) is 0 Å². The molecule has 0 spiro atoms. The molecular weight excluding hydrogens is 236 g/mol. The maximum Gasteiger partial charge on any atom is 0.0951 e. The first-order chi connectivity index (χ1) is 9.43. The molecule has 0 radical (unpaired) electrons. The largest absolute Gasteiger partial charge is 0.276 e. The minimum atomic E-state index is 0.892. The van der Waals surface area contributed by atoms with Crippen molar-refractivity contribution in [2.24, 2.45) is 5.10 Å². The summed E-state index contributed by atoms with van der Waals surface area (Å²) >= 11 is 0. The Balaban J connectivity index is 1.84. The zero-order valence-electron chi connectivity index (χ0n) is 10.2. The number of nitrogens with zero attached hydrogens (tertiary/aromatic N) is 3. The van der Waals surface area contributed by atoms with Crippen LogP contribution in [0, 0.1) is 0 Å². The van der Waals surface area contributed by atoms with Gasteiger partial charge in [0.25, 0.3) is 0 Å². The van der Waals surface area contributed by atoms with E-state index in [-0.39, 0.29) is 0 Å². The van der Waals surface area contributed by atoms with Crippen LogP contribution in [0.1, 0.15) is 5.56 Å². The molecule has 1 aromatic carbocycles. The Kier molecular flexibility index (Phi) is 3.14. The summed E-state index contributed by atoms with van der Waals surface area (Å²) in [6.07, 6.45) is 7.01. The van der Waals surface area contributed by atoms with Crippen LogP contribution in [-0.4, -0.2) is 16.2 Å². The van der Waals surface area contributed by atoms with Gasteiger partial charge in [0.2, 0.25) is 0 Å². The Morgan fingerprint density at radius 3 is 2.68 bits per heavy atom. The zero-order valence-corrected chi connectivity index (χ0v) is 10.2. The van der Waals surface area contributed by atoms with Crippen molar-refractivity contribution in [2.75, 3.05) is 5.43 Å². The van der Waals surface area contributed by atoms with E-state index in [0.717, 1.165) is 22.2 Å². The van der Waals surface area contributed by atoms with E-state index in [2.05, 4.69) is 20.5 Å². The monoisotopic (exact) mass is 248 g/mol. The average Bonchev–Trinajstić information content (AvgIpc) is 2.49. The number of fused-ring (bicyclic) bond motifs is 1. The van der Waals surface area contributed by atoms with E-state index < -0.39 is 0 Å². The van der Waals surface area contributed by atoms with E-state index in [9.17, 15) is 0 Å². The van der Waals surface area contributed by atoms with Crippen molar-refractivity contribution in [3.63, 3.8) is 0 Å². The highest BCUT2D eigenvalue weighted by molar-refractivity contribution is 5.90. The molecule has 0 aliphatic carbocycles. The van der Waals surface area contributed by atoms with E-state index in [1.54, 1.807) is 24.8 Å². The number of aromatic nitrogens is 2. The lowest BCUT2D eigenvalue weighted by Gasteiger charge is -2.03. The quantitative estimate of drug-likeness (QED) is 0.572. The number of nitrogens with one attached hydrogen (secondary N) is 1. The topological polar surface area (TPSA) is 50.2 Å². The molecule has 0 aliphatic heterocycles. The minimum Gasteiger partial charge on any atom is -0.276 e. The number of hydrazone groups is 1. The standard InChI is InChI=1S/C15H12N4/c1-3-13-4-2-8-17-15(13)14(5-1)19-18-11-12-6-9-16-10-7-12/h1-11,19H/b18-11-. The maximum absolute atomic E-state index is 4.36. The van der Waals surface area contributed by atoms with Crippen LogP contribution in [0.3, 0.4) is 0 Å². The molecule has 0 fully saturated rings. The third-order valence-electron chi connectivity index (χ3n) is 2.74. The van der Waals surface area contributed by atoms with Crippen LogP contribution in [0.25, 0.3) is 10.9 Å². The van der Waals surface area contributed by atoms with Crippen LogP contribution in [-0.2, 0) is 0 Å². The van der Waals surface area contributed by atoms with Crippen LogP contribution in [0.2, 0.25) is 0 Å². The summed E-state index contributed by atoms with van der Waals surface area (Å²) in [5.41, 5.74) is 5.82. The van der Waals surface area contributed by atoms with E-state index in [1.807, 2.05) is 42.5 Å². The zero-order chi connectivity index (χ0) is 12.9. The normalized spacial score (nSPS) is 10.9. The third-order valence-corrected chi connectivity index (χ3v) is 2.74. The van der Waals surface area contributed by atoms with E-state index >= 15 is 0 Å². The molecule has 0 unspecified atom stereocenters. The highest BCUT2D eigenvalue weighted by Crippen LogP contribution is 2.20. The van der Waals surface area contributed by atoms with Crippen molar-refractivity contribution in [3.8, 4) is 0 Å². The predicted octanol–water partition coefficient (Wildman–Crippen LogP) is 3.08. The van der Waals surface area contributed by atoms with Gasteiger partial charge in [-0.05, 0) is 29.8 Å². The molecule has 19 heavy (non-hydrogen) atoms. The van der Waals surface area contributed by atoms with Gasteiger partial charge in [-0.25, -0.2) is 0 Å². The summed E-state index contributed by atoms with van der Waals surface area (Å²) < 4.78 is 0. The molecule has 92 valence electrons. The Hall–Kier alpha value is -2.75. The predicted molar refractivity (Wildman–Crippen MR) is 77.2 cm³/mol. The SMILES string of the molecule is C(=N/Nc1cccc2cccnc12)/c1ccncc1. The van der Waals surface area contributed by atoms with E-state index in [1.165, 1.54) is 0 Å². The lowest BCUT2D eigenvalue weighted by atomic mass is 10.2. The highest BCUT2D eigenvalue weighted by atomic mass is 15.3. The van der Waals surface area contributed by atoms with Crippen LogP contribution in [0.4, 0.5) is 5.69 Å². The van der Waals surface area contributed by atoms with Gasteiger partial charge in [-0.1, -0.05) is 18.2 Å². The van der Waals surface area contributed by atoms with Gasteiger partial charge in [-0.15, -0.1) is 0 Å². The average molecular weight is 248 g/mol. The molecule has 1 N–H and O–H groups in total. The van der Waals surface area contributed by atoms with Crippen molar-refractivity contribution < 1.29 is 0 Å². The molecule has 4 nitrogen and oxygen atoms in total. The lowest BCUT2D eigenvalue weighted by molar-refractivity contribution is 1.31. The Morgan fingerprint density at radius 2 is 1.79 bits per heavy atom. The second kappa shape index (κ2) is 5.27. The molecule has 0 amide bonds. The fourth-order valence-electron chi connectivity index (χ4n) is 1.82. The first-order valence-electron chi connectivity index (χ1n) is 5.96. The molecule has 3 rings (SSSR count). The highest BCUT2D eigenvalue weighted by Gasteiger charge is 1.99. The van der Waals surface area contributed by atoms with Gasteiger partial charge < -0.3 is 0 Å².